The van der Waals surface area contributed by atoms with Crippen molar-refractivity contribution in [2.45, 2.75) is 90.3 Å². The highest BCUT2D eigenvalue weighted by Crippen LogP contribution is 2.40. The van der Waals surface area contributed by atoms with E-state index in [0.717, 1.165) is 30.4 Å². The Morgan fingerprint density at radius 2 is 1.51 bits per heavy atom. The van der Waals surface area contributed by atoms with Gasteiger partial charge in [-0.15, -0.1) is 0 Å². The van der Waals surface area contributed by atoms with Crippen LogP contribution in [0.25, 0.3) is 11.1 Å². The van der Waals surface area contributed by atoms with Crippen molar-refractivity contribution in [3.8, 4) is 22.6 Å². The minimum atomic E-state index is -1.33. The normalized spacial score (nSPS) is 16.8. The van der Waals surface area contributed by atoms with Crippen molar-refractivity contribution in [3.05, 3.63) is 82.4 Å². The number of likely N-dealkylation sites (N-methyl/N-ethyl adjacent to an activating group) is 1. The summed E-state index contributed by atoms with van der Waals surface area (Å²) in [5.41, 5.74) is 15.9. The molecule has 2 unspecified atom stereocenters. The van der Waals surface area contributed by atoms with Crippen LogP contribution in [-0.4, -0.2) is 91.6 Å². The van der Waals surface area contributed by atoms with Crippen LogP contribution in [0.15, 0.2) is 54.6 Å². The molecule has 8 N–H and O–H groups in total. The number of ether oxygens (including phenoxy) is 2. The number of fused-ring (bicyclic) bond motifs is 5. The number of rotatable bonds is 18. The topological polar surface area (TPSA) is 215 Å². The summed E-state index contributed by atoms with van der Waals surface area (Å²) in [5, 5.41) is 17.9. The summed E-state index contributed by atoms with van der Waals surface area (Å²) < 4.78 is 12.0. The number of nitrogens with zero attached hydrogens (tertiary/aromatic N) is 1. The Morgan fingerprint density at radius 1 is 0.860 bits per heavy atom. The maximum absolute atomic E-state index is 14.2. The van der Waals surface area contributed by atoms with Crippen LogP contribution in [-0.2, 0) is 32.0 Å². The molecule has 3 aromatic carbocycles. The number of aryl methyl sites for hydroxylation is 2. The fourth-order valence-electron chi connectivity index (χ4n) is 6.84. The molecule has 3 aromatic rings. The van der Waals surface area contributed by atoms with E-state index in [4.69, 9.17) is 20.9 Å². The van der Waals surface area contributed by atoms with Gasteiger partial charge in [0.1, 0.15) is 42.8 Å². The Morgan fingerprint density at radius 3 is 2.16 bits per heavy atom. The average Bonchev–Trinajstić information content (AvgIpc) is 3.19. The zero-order chi connectivity index (χ0) is 41.5. The number of hydrogen-bond donors (Lipinski definition) is 6. The average molecular weight is 787 g/mol. The predicted molar refractivity (Wildman–Crippen MR) is 218 cm³/mol. The lowest BCUT2D eigenvalue weighted by Gasteiger charge is -2.30. The maximum Gasteiger partial charge on any atom is 0.326 e. The van der Waals surface area contributed by atoms with Crippen LogP contribution in [0.5, 0.6) is 11.5 Å². The lowest BCUT2D eigenvalue weighted by Crippen LogP contribution is -2.53. The van der Waals surface area contributed by atoms with E-state index in [9.17, 15) is 29.1 Å². The first-order valence-electron chi connectivity index (χ1n) is 19.8. The Hall–Kier alpha value is -5.47. The standard InChI is InChI=1S/C43H58N6O8/c1-5-6-7-8-9-10-11-29-12-15-32(27(2)22-29)41(52)46-26-38(50)49(4)39-31-14-17-37(57-21-19-45)34(25-31)33-23-30(13-16-36(33)56-20-18-44)24-35(43(54)55)48-40(51)28(3)47-42(39)53/h12-17,22-23,25,28,35,39H,5-11,18-21,24,26,44-45H2,1-4H3,(H,46,52)(H,47,53)(H,48,51)(H,54,55)/t28-,35?,39?/m0/s1. The quantitative estimate of drug-likeness (QED) is 0.103. The van der Waals surface area contributed by atoms with Crippen LogP contribution in [0.1, 0.15) is 91.0 Å². The number of aliphatic carboxylic acids is 1. The fourth-order valence-corrected chi connectivity index (χ4v) is 6.84. The molecule has 1 aliphatic rings. The zero-order valence-electron chi connectivity index (χ0n) is 33.5. The van der Waals surface area contributed by atoms with Gasteiger partial charge in [-0.2, -0.15) is 0 Å². The number of carboxylic acid groups (broad SMARTS) is 1. The van der Waals surface area contributed by atoms with Crippen LogP contribution >= 0.6 is 0 Å². The summed E-state index contributed by atoms with van der Waals surface area (Å²) in [6.45, 7) is 5.85. The van der Waals surface area contributed by atoms with Gasteiger partial charge in [-0.25, -0.2) is 4.79 Å². The predicted octanol–water partition coefficient (Wildman–Crippen LogP) is 3.80. The molecule has 4 rings (SSSR count). The molecule has 57 heavy (non-hydrogen) atoms. The molecule has 1 heterocycles. The van der Waals surface area contributed by atoms with Crippen molar-refractivity contribution < 1.29 is 38.6 Å². The van der Waals surface area contributed by atoms with Gasteiger partial charge in [-0.1, -0.05) is 63.3 Å². The summed E-state index contributed by atoms with van der Waals surface area (Å²) in [6.07, 6.45) is 8.03. The van der Waals surface area contributed by atoms with Crippen molar-refractivity contribution in [3.63, 3.8) is 0 Å². The molecule has 4 amide bonds. The number of hydrogen-bond acceptors (Lipinski definition) is 9. The molecule has 0 saturated heterocycles. The molecule has 1 aliphatic heterocycles. The summed E-state index contributed by atoms with van der Waals surface area (Å²) in [7, 11) is 1.43. The Kier molecular flexibility index (Phi) is 16.9. The van der Waals surface area contributed by atoms with Gasteiger partial charge in [-0.3, -0.25) is 19.2 Å². The van der Waals surface area contributed by atoms with Gasteiger partial charge in [0.15, 0.2) is 0 Å². The van der Waals surface area contributed by atoms with Crippen LogP contribution in [0, 0.1) is 6.92 Å². The number of carboxylic acids is 1. The van der Waals surface area contributed by atoms with Crippen molar-refractivity contribution in [1.29, 1.82) is 0 Å². The minimum absolute atomic E-state index is 0.0704. The molecule has 3 atom stereocenters. The number of amides is 4. The zero-order valence-corrected chi connectivity index (χ0v) is 33.5. The number of nitrogens with two attached hydrogens (primary N) is 2. The molecular formula is C43H58N6O8. The second-order valence-corrected chi connectivity index (χ2v) is 14.5. The lowest BCUT2D eigenvalue weighted by atomic mass is 9.93. The third kappa shape index (κ3) is 12.3. The SMILES string of the molecule is CCCCCCCCc1ccc(C(=O)NCC(=O)N(C)C2C(=O)N[C@@H](C)C(=O)NC(C(=O)O)Cc3ccc(OCCN)c(c3)-c3cc2ccc3OCCN)c(C)c1. The molecule has 0 aliphatic carbocycles. The fraction of sp³-hybridized carbons (Fsp3) is 0.465. The maximum atomic E-state index is 14.2. The Labute approximate surface area is 335 Å². The van der Waals surface area contributed by atoms with E-state index in [1.165, 1.54) is 44.6 Å². The van der Waals surface area contributed by atoms with Gasteiger partial charge in [-0.05, 0) is 79.3 Å². The summed E-state index contributed by atoms with van der Waals surface area (Å²) in [6, 6.07) is 12.0. The van der Waals surface area contributed by atoms with E-state index in [2.05, 4.69) is 22.9 Å². The minimum Gasteiger partial charge on any atom is -0.492 e. The molecule has 0 fully saturated rings. The number of carbonyl (C=O) groups excluding carboxylic acids is 4. The first kappa shape index (κ1) is 44.2. The van der Waals surface area contributed by atoms with E-state index in [-0.39, 0.29) is 32.7 Å². The lowest BCUT2D eigenvalue weighted by molar-refractivity contribution is -0.142. The molecular weight excluding hydrogens is 729 g/mol. The second-order valence-electron chi connectivity index (χ2n) is 14.5. The summed E-state index contributed by atoms with van der Waals surface area (Å²) >= 11 is 0. The summed E-state index contributed by atoms with van der Waals surface area (Å²) in [5.74, 6) is -2.90. The first-order chi connectivity index (χ1) is 27.4. The van der Waals surface area contributed by atoms with Crippen LogP contribution < -0.4 is 36.9 Å². The largest absolute Gasteiger partial charge is 0.492 e. The molecule has 0 saturated carbocycles. The van der Waals surface area contributed by atoms with Crippen LogP contribution in [0.2, 0.25) is 0 Å². The Balaban J connectivity index is 1.66. The van der Waals surface area contributed by atoms with Gasteiger partial charge in [0.25, 0.3) is 5.91 Å². The molecule has 0 aromatic heterocycles. The Bertz CT molecular complexity index is 1880. The van der Waals surface area contributed by atoms with Crippen LogP contribution in [0.3, 0.4) is 0 Å². The van der Waals surface area contributed by atoms with Gasteiger partial charge in [0.05, 0.1) is 6.54 Å². The molecule has 14 heteroatoms. The van der Waals surface area contributed by atoms with Gasteiger partial charge in [0, 0.05) is 43.2 Å². The van der Waals surface area contributed by atoms with E-state index in [0.29, 0.717) is 39.3 Å². The van der Waals surface area contributed by atoms with Crippen molar-refractivity contribution in [2.24, 2.45) is 11.5 Å². The number of carbonyl (C=O) groups is 5. The van der Waals surface area contributed by atoms with Gasteiger partial charge < -0.3 is 46.9 Å². The van der Waals surface area contributed by atoms with E-state index in [1.807, 2.05) is 19.1 Å². The van der Waals surface area contributed by atoms with Crippen molar-refractivity contribution in [1.82, 2.24) is 20.9 Å². The molecule has 14 nitrogen and oxygen atoms in total. The highest BCUT2D eigenvalue weighted by molar-refractivity contribution is 5.99. The summed E-state index contributed by atoms with van der Waals surface area (Å²) in [4.78, 5) is 68.1. The monoisotopic (exact) mass is 786 g/mol. The van der Waals surface area contributed by atoms with E-state index >= 15 is 0 Å². The molecule has 308 valence electrons. The third-order valence-corrected chi connectivity index (χ3v) is 9.99. The third-order valence-electron chi connectivity index (χ3n) is 9.99. The highest BCUT2D eigenvalue weighted by atomic mass is 16.5. The number of benzene rings is 3. The molecule has 0 spiro atoms. The van der Waals surface area contributed by atoms with Gasteiger partial charge >= 0.3 is 5.97 Å². The van der Waals surface area contributed by atoms with Crippen LogP contribution in [0.4, 0.5) is 0 Å². The van der Waals surface area contributed by atoms with E-state index < -0.39 is 54.3 Å². The van der Waals surface area contributed by atoms with Crippen molar-refractivity contribution >= 4 is 29.6 Å². The smallest absolute Gasteiger partial charge is 0.326 e. The van der Waals surface area contributed by atoms with E-state index in [1.54, 1.807) is 42.5 Å². The number of nitrogens with one attached hydrogen (secondary N) is 3. The van der Waals surface area contributed by atoms with Crippen molar-refractivity contribution in [2.75, 3.05) is 39.9 Å². The first-order valence-corrected chi connectivity index (χ1v) is 19.8. The second kappa shape index (κ2) is 21.7. The number of unbranched alkanes of at least 4 members (excludes halogenated alkanes) is 5. The molecule has 4 bridgehead atoms. The highest BCUT2D eigenvalue weighted by Gasteiger charge is 2.33. The van der Waals surface area contributed by atoms with Gasteiger partial charge in [0.2, 0.25) is 17.7 Å². The molecule has 0 radical (unpaired) electrons.